The molecule has 0 saturated heterocycles. The van der Waals surface area contributed by atoms with E-state index < -0.39 is 5.82 Å². The number of pyridine rings is 2. The third-order valence-corrected chi connectivity index (χ3v) is 7.25. The van der Waals surface area contributed by atoms with E-state index in [1.54, 1.807) is 37.5 Å². The summed E-state index contributed by atoms with van der Waals surface area (Å²) in [6.07, 6.45) is 8.31. The Morgan fingerprint density at radius 1 is 1.16 bits per heavy atom. The van der Waals surface area contributed by atoms with E-state index in [0.717, 1.165) is 33.5 Å². The van der Waals surface area contributed by atoms with Crippen molar-refractivity contribution in [1.29, 1.82) is 0 Å². The maximum absolute atomic E-state index is 13.8. The average molecular weight is 595 g/mol. The molecule has 5 aromatic rings. The largest absolute Gasteiger partial charge is 0.491 e. The predicted octanol–water partition coefficient (Wildman–Crippen LogP) is 6.42. The number of hydrogen-bond acceptors (Lipinski definition) is 6. The smallest absolute Gasteiger partial charge is 0.261 e. The second kappa shape index (κ2) is 13.4. The Morgan fingerprint density at radius 2 is 1.95 bits per heavy atom. The van der Waals surface area contributed by atoms with E-state index in [-0.39, 0.29) is 18.4 Å². The van der Waals surface area contributed by atoms with E-state index in [1.807, 2.05) is 32.3 Å². The molecular weight excluding hydrogens is 559 g/mol. The lowest BCUT2D eigenvalue weighted by molar-refractivity contribution is -0.106. The number of halogens is 1. The second-order valence-corrected chi connectivity index (χ2v) is 10.9. The molecule has 0 spiro atoms. The zero-order valence-corrected chi connectivity index (χ0v) is 24.9. The van der Waals surface area contributed by atoms with E-state index in [9.17, 15) is 9.18 Å². The van der Waals surface area contributed by atoms with Gasteiger partial charge in [0, 0.05) is 48.8 Å². The molecule has 4 N–H and O–H groups in total. The van der Waals surface area contributed by atoms with E-state index in [2.05, 4.69) is 44.2 Å². The summed E-state index contributed by atoms with van der Waals surface area (Å²) in [5.41, 5.74) is 10.2. The van der Waals surface area contributed by atoms with Crippen LogP contribution < -0.4 is 20.7 Å². The highest BCUT2D eigenvalue weighted by molar-refractivity contribution is 6.08. The third kappa shape index (κ3) is 7.03. The van der Waals surface area contributed by atoms with Crippen molar-refractivity contribution in [2.24, 2.45) is 5.73 Å². The lowest BCUT2D eigenvalue weighted by atomic mass is 10.0. The van der Waals surface area contributed by atoms with Gasteiger partial charge in [0.25, 0.3) is 5.91 Å². The second-order valence-electron chi connectivity index (χ2n) is 10.9. The van der Waals surface area contributed by atoms with Crippen molar-refractivity contribution in [3.8, 4) is 16.9 Å². The number of benzene rings is 2. The summed E-state index contributed by atoms with van der Waals surface area (Å²) in [7, 11) is 1.62. The number of carbonyl (C=O) groups is 2. The topological polar surface area (TPSA) is 126 Å². The Bertz CT molecular complexity index is 1780. The first kappa shape index (κ1) is 30.2. The number of primary amides is 1. The predicted molar refractivity (Wildman–Crippen MR) is 170 cm³/mol. The fourth-order valence-corrected chi connectivity index (χ4v) is 5.04. The zero-order chi connectivity index (χ0) is 31.2. The summed E-state index contributed by atoms with van der Waals surface area (Å²) in [5, 5.41) is 4.43. The number of nitrogens with two attached hydrogens (primary N) is 1. The Kier molecular flexibility index (Phi) is 9.18. The number of rotatable bonds is 9. The van der Waals surface area contributed by atoms with E-state index in [4.69, 9.17) is 9.53 Å². The van der Waals surface area contributed by atoms with Crippen LogP contribution >= 0.6 is 0 Å². The number of carbonyl (C=O) groups excluding carboxylic acids is 2. The van der Waals surface area contributed by atoms with Crippen LogP contribution in [0.15, 0.2) is 79.3 Å². The first-order valence-electron chi connectivity index (χ1n) is 14.4. The van der Waals surface area contributed by atoms with Gasteiger partial charge in [-0.15, -0.1) is 0 Å². The van der Waals surface area contributed by atoms with Crippen molar-refractivity contribution in [3.05, 3.63) is 102 Å². The zero-order valence-electron chi connectivity index (χ0n) is 24.9. The molecule has 2 aromatic carbocycles. The Labute approximate surface area is 255 Å². The normalized spacial score (nSPS) is 12.4. The number of nitrogens with one attached hydrogen (secondary N) is 2. The first-order valence-corrected chi connectivity index (χ1v) is 14.4. The quantitative estimate of drug-likeness (QED) is 0.169. The van der Waals surface area contributed by atoms with Gasteiger partial charge in [0.1, 0.15) is 23.0 Å². The van der Waals surface area contributed by atoms with Crippen LogP contribution in [0.1, 0.15) is 54.1 Å². The fourth-order valence-electron chi connectivity index (χ4n) is 5.04. The summed E-state index contributed by atoms with van der Waals surface area (Å²) in [6, 6.07) is 17.8. The van der Waals surface area contributed by atoms with Crippen molar-refractivity contribution in [2.75, 3.05) is 17.3 Å². The van der Waals surface area contributed by atoms with Crippen LogP contribution in [0.3, 0.4) is 0 Å². The molecule has 6 rings (SSSR count). The van der Waals surface area contributed by atoms with Gasteiger partial charge in [-0.1, -0.05) is 6.07 Å². The molecule has 1 aliphatic rings. The third-order valence-electron chi connectivity index (χ3n) is 7.25. The molecule has 226 valence electrons. The standard InChI is InChI=1S/C33H32FN5O2.CH3NO/c1-20(2)41-27-13-21(12-23(14-27)30-19-38-32-29(30)15-24(18-37-32)22-9-10-22)17-36-31-28(8-5-11-35-31)33(40)39(3)26-7-4-6-25(34)16-26;2-1-3/h4-8,11-16,18-20,22H,9-10,17H2,1-3H3,(H,35,36)(H,37,38);1H,(H2,2,3). The molecule has 0 unspecified atom stereocenters. The van der Waals surface area contributed by atoms with Crippen molar-refractivity contribution < 1.29 is 18.7 Å². The van der Waals surface area contributed by atoms with Crippen LogP contribution in [-0.4, -0.2) is 40.4 Å². The molecule has 0 aliphatic heterocycles. The lowest BCUT2D eigenvalue weighted by Crippen LogP contribution is -2.27. The van der Waals surface area contributed by atoms with Gasteiger partial charge in [-0.05, 0) is 104 Å². The van der Waals surface area contributed by atoms with Crippen LogP contribution in [0.4, 0.5) is 15.9 Å². The van der Waals surface area contributed by atoms with Crippen LogP contribution in [0.5, 0.6) is 5.75 Å². The molecule has 1 fully saturated rings. The minimum absolute atomic E-state index is 0.00976. The number of amides is 2. The SMILES string of the molecule is CC(C)Oc1cc(CNc2ncccc2C(=O)N(C)c2cccc(F)c2)cc(-c2c[nH]c3ncc(C4CC4)cc23)c1.NC=O. The number of ether oxygens (including phenoxy) is 1. The molecule has 0 bridgehead atoms. The van der Waals surface area contributed by atoms with Crippen LogP contribution in [-0.2, 0) is 11.3 Å². The van der Waals surface area contributed by atoms with Gasteiger partial charge < -0.3 is 25.7 Å². The van der Waals surface area contributed by atoms with Crippen molar-refractivity contribution >= 4 is 34.9 Å². The molecule has 44 heavy (non-hydrogen) atoms. The minimum Gasteiger partial charge on any atom is -0.491 e. The van der Waals surface area contributed by atoms with Crippen LogP contribution in [0, 0.1) is 5.82 Å². The summed E-state index contributed by atoms with van der Waals surface area (Å²) in [4.78, 5) is 35.8. The first-order chi connectivity index (χ1) is 21.3. The molecule has 1 aliphatic carbocycles. The molecule has 3 heterocycles. The van der Waals surface area contributed by atoms with Gasteiger partial charge in [-0.3, -0.25) is 9.59 Å². The number of hydrogen-bond donors (Lipinski definition) is 3. The summed E-state index contributed by atoms with van der Waals surface area (Å²) < 4.78 is 19.9. The number of fused-ring (bicyclic) bond motifs is 1. The van der Waals surface area contributed by atoms with Crippen molar-refractivity contribution in [1.82, 2.24) is 15.0 Å². The maximum atomic E-state index is 13.8. The number of aromatic amines is 1. The minimum atomic E-state index is -0.402. The monoisotopic (exact) mass is 594 g/mol. The lowest BCUT2D eigenvalue weighted by Gasteiger charge is -2.19. The summed E-state index contributed by atoms with van der Waals surface area (Å²) >= 11 is 0. The van der Waals surface area contributed by atoms with Gasteiger partial charge >= 0.3 is 0 Å². The van der Waals surface area contributed by atoms with Crippen LogP contribution in [0.25, 0.3) is 22.2 Å². The molecule has 0 atom stereocenters. The molecule has 10 heteroatoms. The van der Waals surface area contributed by atoms with Gasteiger partial charge in [-0.2, -0.15) is 0 Å². The highest BCUT2D eigenvalue weighted by Gasteiger charge is 2.25. The molecule has 1 saturated carbocycles. The Balaban J connectivity index is 0.00000123. The number of anilines is 2. The van der Waals surface area contributed by atoms with E-state index in [0.29, 0.717) is 29.5 Å². The van der Waals surface area contributed by atoms with Crippen LogP contribution in [0.2, 0.25) is 0 Å². The van der Waals surface area contributed by atoms with Crippen molar-refractivity contribution in [2.45, 2.75) is 45.3 Å². The number of aromatic nitrogens is 3. The summed E-state index contributed by atoms with van der Waals surface area (Å²) in [5.74, 6) is 1.13. The fraction of sp³-hybridized carbons (Fsp3) is 0.235. The summed E-state index contributed by atoms with van der Waals surface area (Å²) in [6.45, 7) is 4.42. The molecule has 2 amide bonds. The van der Waals surface area contributed by atoms with Gasteiger partial charge in [0.15, 0.2) is 0 Å². The van der Waals surface area contributed by atoms with E-state index >= 15 is 0 Å². The van der Waals surface area contributed by atoms with Gasteiger partial charge in [-0.25, -0.2) is 14.4 Å². The van der Waals surface area contributed by atoms with Crippen molar-refractivity contribution in [3.63, 3.8) is 0 Å². The Morgan fingerprint density at radius 3 is 2.68 bits per heavy atom. The molecule has 0 radical (unpaired) electrons. The Hall–Kier alpha value is -5.25. The average Bonchev–Trinajstić information content (AvgIpc) is 3.78. The maximum Gasteiger partial charge on any atom is 0.261 e. The number of nitrogens with zero attached hydrogens (tertiary/aromatic N) is 3. The highest BCUT2D eigenvalue weighted by Crippen LogP contribution is 2.41. The molecule has 3 aromatic heterocycles. The molecular formula is C34H35FN6O3. The highest BCUT2D eigenvalue weighted by atomic mass is 19.1. The molecule has 9 nitrogen and oxygen atoms in total. The van der Waals surface area contributed by atoms with Gasteiger partial charge in [0.05, 0.1) is 11.7 Å². The van der Waals surface area contributed by atoms with Gasteiger partial charge in [0.2, 0.25) is 6.41 Å². The van der Waals surface area contributed by atoms with E-state index in [1.165, 1.54) is 35.4 Å². The number of H-pyrrole nitrogens is 1.